The highest BCUT2D eigenvalue weighted by Gasteiger charge is 2.13. The van der Waals surface area contributed by atoms with Crippen LogP contribution in [0.1, 0.15) is 16.1 Å². The largest absolute Gasteiger partial charge is 0.379 e. The standard InChI is InChI=1S/C12H20N4O2/c1-10-11(9-14-15(10)2)12(17)13-3-4-16-5-7-18-8-6-16/h9H,3-8H2,1-2H3,(H,13,17). The van der Waals surface area contributed by atoms with E-state index in [0.717, 1.165) is 38.5 Å². The van der Waals surface area contributed by atoms with Gasteiger partial charge in [-0.3, -0.25) is 14.4 Å². The topological polar surface area (TPSA) is 59.4 Å². The molecule has 1 aromatic heterocycles. The van der Waals surface area contributed by atoms with Gasteiger partial charge in [-0.05, 0) is 6.92 Å². The fourth-order valence-electron chi connectivity index (χ4n) is 1.97. The Bertz CT molecular complexity index is 410. The number of amides is 1. The fraction of sp³-hybridized carbons (Fsp3) is 0.667. The third-order valence-corrected chi connectivity index (χ3v) is 3.30. The molecule has 100 valence electrons. The highest BCUT2D eigenvalue weighted by Crippen LogP contribution is 2.04. The van der Waals surface area contributed by atoms with Gasteiger partial charge in [0.15, 0.2) is 0 Å². The van der Waals surface area contributed by atoms with E-state index in [0.29, 0.717) is 12.1 Å². The Balaban J connectivity index is 1.76. The molecule has 0 spiro atoms. The minimum atomic E-state index is -0.0474. The van der Waals surface area contributed by atoms with Crippen molar-refractivity contribution in [3.05, 3.63) is 17.5 Å². The van der Waals surface area contributed by atoms with Crippen LogP contribution < -0.4 is 5.32 Å². The van der Waals surface area contributed by atoms with Gasteiger partial charge in [0.1, 0.15) is 0 Å². The van der Waals surface area contributed by atoms with E-state index < -0.39 is 0 Å². The van der Waals surface area contributed by atoms with E-state index in [-0.39, 0.29) is 5.91 Å². The summed E-state index contributed by atoms with van der Waals surface area (Å²) < 4.78 is 6.98. The Morgan fingerprint density at radius 3 is 2.83 bits per heavy atom. The summed E-state index contributed by atoms with van der Waals surface area (Å²) >= 11 is 0. The summed E-state index contributed by atoms with van der Waals surface area (Å²) in [7, 11) is 1.83. The normalized spacial score (nSPS) is 16.8. The maximum atomic E-state index is 11.9. The zero-order valence-corrected chi connectivity index (χ0v) is 11.0. The van der Waals surface area contributed by atoms with Crippen molar-refractivity contribution in [1.29, 1.82) is 0 Å². The lowest BCUT2D eigenvalue weighted by Gasteiger charge is -2.26. The van der Waals surface area contributed by atoms with E-state index in [2.05, 4.69) is 15.3 Å². The first-order chi connectivity index (χ1) is 8.68. The number of nitrogens with one attached hydrogen (secondary N) is 1. The Morgan fingerprint density at radius 1 is 1.50 bits per heavy atom. The maximum absolute atomic E-state index is 11.9. The highest BCUT2D eigenvalue weighted by atomic mass is 16.5. The molecule has 2 heterocycles. The minimum absolute atomic E-state index is 0.0474. The van der Waals surface area contributed by atoms with Crippen LogP contribution >= 0.6 is 0 Å². The van der Waals surface area contributed by atoms with Crippen molar-refractivity contribution in [2.75, 3.05) is 39.4 Å². The van der Waals surface area contributed by atoms with Gasteiger partial charge in [0.25, 0.3) is 5.91 Å². The van der Waals surface area contributed by atoms with Gasteiger partial charge in [0.05, 0.1) is 25.0 Å². The molecule has 1 aliphatic heterocycles. The van der Waals surface area contributed by atoms with Gasteiger partial charge in [-0.25, -0.2) is 0 Å². The smallest absolute Gasteiger partial charge is 0.254 e. The second kappa shape index (κ2) is 5.97. The third-order valence-electron chi connectivity index (χ3n) is 3.30. The van der Waals surface area contributed by atoms with E-state index in [9.17, 15) is 4.79 Å². The molecule has 1 aliphatic rings. The number of carbonyl (C=O) groups excluding carboxylic acids is 1. The molecule has 0 radical (unpaired) electrons. The predicted molar refractivity (Wildman–Crippen MR) is 67.5 cm³/mol. The lowest BCUT2D eigenvalue weighted by Crippen LogP contribution is -2.41. The lowest BCUT2D eigenvalue weighted by atomic mass is 10.2. The molecular weight excluding hydrogens is 232 g/mol. The second-order valence-electron chi connectivity index (χ2n) is 4.48. The minimum Gasteiger partial charge on any atom is -0.379 e. The third kappa shape index (κ3) is 3.08. The number of nitrogens with zero attached hydrogens (tertiary/aromatic N) is 3. The van der Waals surface area contributed by atoms with Crippen molar-refractivity contribution in [2.45, 2.75) is 6.92 Å². The molecule has 1 amide bonds. The number of ether oxygens (including phenoxy) is 1. The summed E-state index contributed by atoms with van der Waals surface area (Å²) in [6, 6.07) is 0. The zero-order valence-electron chi connectivity index (χ0n) is 11.0. The molecule has 1 N–H and O–H groups in total. The SMILES string of the molecule is Cc1c(C(=O)NCCN2CCOCC2)cnn1C. The molecule has 6 heteroatoms. The van der Waals surface area contributed by atoms with Crippen LogP contribution in [0.3, 0.4) is 0 Å². The predicted octanol–water partition coefficient (Wildman–Crippen LogP) is -0.209. The van der Waals surface area contributed by atoms with Crippen molar-refractivity contribution in [2.24, 2.45) is 7.05 Å². The van der Waals surface area contributed by atoms with Crippen LogP contribution in [0.15, 0.2) is 6.20 Å². The van der Waals surface area contributed by atoms with Crippen LogP contribution in [0.5, 0.6) is 0 Å². The van der Waals surface area contributed by atoms with Gasteiger partial charge in [-0.2, -0.15) is 5.10 Å². The number of hydrogen-bond donors (Lipinski definition) is 1. The van der Waals surface area contributed by atoms with E-state index in [1.54, 1.807) is 10.9 Å². The summed E-state index contributed by atoms with van der Waals surface area (Å²) in [5, 5.41) is 6.99. The number of carbonyl (C=O) groups is 1. The van der Waals surface area contributed by atoms with Crippen LogP contribution in [0, 0.1) is 6.92 Å². The maximum Gasteiger partial charge on any atom is 0.254 e. The average Bonchev–Trinajstić information content (AvgIpc) is 2.71. The van der Waals surface area contributed by atoms with Crippen molar-refractivity contribution >= 4 is 5.91 Å². The Morgan fingerprint density at radius 2 is 2.22 bits per heavy atom. The van der Waals surface area contributed by atoms with Crippen molar-refractivity contribution in [1.82, 2.24) is 20.0 Å². The van der Waals surface area contributed by atoms with Crippen LogP contribution in [0.25, 0.3) is 0 Å². The molecule has 2 rings (SSSR count). The zero-order chi connectivity index (χ0) is 13.0. The quantitative estimate of drug-likeness (QED) is 0.805. The van der Waals surface area contributed by atoms with Gasteiger partial charge in [-0.1, -0.05) is 0 Å². The molecule has 1 fully saturated rings. The summed E-state index contributed by atoms with van der Waals surface area (Å²) in [6.07, 6.45) is 1.61. The molecule has 0 saturated carbocycles. The molecule has 18 heavy (non-hydrogen) atoms. The molecule has 0 bridgehead atoms. The van der Waals surface area contributed by atoms with Crippen LogP contribution in [-0.4, -0.2) is 60.0 Å². The van der Waals surface area contributed by atoms with Crippen molar-refractivity contribution in [3.8, 4) is 0 Å². The molecule has 1 saturated heterocycles. The Hall–Kier alpha value is -1.40. The van der Waals surface area contributed by atoms with Gasteiger partial charge < -0.3 is 10.1 Å². The molecule has 0 aliphatic carbocycles. The Kier molecular flexibility index (Phi) is 4.33. The summed E-state index contributed by atoms with van der Waals surface area (Å²) in [5.74, 6) is -0.0474. The van der Waals surface area contributed by atoms with E-state index in [1.807, 2.05) is 14.0 Å². The Labute approximate surface area is 107 Å². The van der Waals surface area contributed by atoms with Crippen LogP contribution in [0.2, 0.25) is 0 Å². The van der Waals surface area contributed by atoms with Crippen LogP contribution in [0.4, 0.5) is 0 Å². The van der Waals surface area contributed by atoms with Gasteiger partial charge in [-0.15, -0.1) is 0 Å². The van der Waals surface area contributed by atoms with Gasteiger partial charge >= 0.3 is 0 Å². The first-order valence-corrected chi connectivity index (χ1v) is 6.25. The first kappa shape index (κ1) is 13.0. The summed E-state index contributed by atoms with van der Waals surface area (Å²) in [6.45, 7) is 6.89. The summed E-state index contributed by atoms with van der Waals surface area (Å²) in [5.41, 5.74) is 1.54. The molecule has 1 aromatic rings. The van der Waals surface area contributed by atoms with Gasteiger partial charge in [0.2, 0.25) is 0 Å². The average molecular weight is 252 g/mol. The summed E-state index contributed by atoms with van der Waals surface area (Å²) in [4.78, 5) is 14.2. The van der Waals surface area contributed by atoms with E-state index in [4.69, 9.17) is 4.74 Å². The van der Waals surface area contributed by atoms with Crippen LogP contribution in [-0.2, 0) is 11.8 Å². The number of rotatable bonds is 4. The van der Waals surface area contributed by atoms with E-state index in [1.165, 1.54) is 0 Å². The molecular formula is C12H20N4O2. The second-order valence-corrected chi connectivity index (χ2v) is 4.48. The fourth-order valence-corrected chi connectivity index (χ4v) is 1.97. The molecule has 0 atom stereocenters. The number of aryl methyl sites for hydroxylation is 1. The van der Waals surface area contributed by atoms with Crippen molar-refractivity contribution < 1.29 is 9.53 Å². The number of morpholine rings is 1. The molecule has 0 unspecified atom stereocenters. The lowest BCUT2D eigenvalue weighted by molar-refractivity contribution is 0.0383. The monoisotopic (exact) mass is 252 g/mol. The highest BCUT2D eigenvalue weighted by molar-refractivity contribution is 5.94. The number of hydrogen-bond acceptors (Lipinski definition) is 4. The first-order valence-electron chi connectivity index (χ1n) is 6.25. The van der Waals surface area contributed by atoms with Gasteiger partial charge in [0, 0.05) is 38.9 Å². The molecule has 0 aromatic carbocycles. The van der Waals surface area contributed by atoms with Crippen molar-refractivity contribution in [3.63, 3.8) is 0 Å². The number of aromatic nitrogens is 2. The van der Waals surface area contributed by atoms with E-state index >= 15 is 0 Å². The molecule has 6 nitrogen and oxygen atoms in total.